The largest absolute Gasteiger partial charge is 0.497 e. The molecule has 2 aliphatic heterocycles. The average Bonchev–Trinajstić information content (AvgIpc) is 3.22. The molecule has 0 aromatic heterocycles. The molecule has 7 nitrogen and oxygen atoms in total. The monoisotopic (exact) mass is 398 g/mol. The smallest absolute Gasteiger partial charge is 0.263 e. The number of carbonyl (C=O) groups is 1. The Morgan fingerprint density at radius 1 is 1.03 bits per heavy atom. The summed E-state index contributed by atoms with van der Waals surface area (Å²) >= 11 is 0. The summed E-state index contributed by atoms with van der Waals surface area (Å²) in [6.45, 7) is 5.94. The number of rotatable bonds is 6. The molecule has 2 heterocycles. The van der Waals surface area contributed by atoms with Gasteiger partial charge < -0.3 is 23.8 Å². The third kappa shape index (κ3) is 4.56. The maximum Gasteiger partial charge on any atom is 0.263 e. The van der Waals surface area contributed by atoms with E-state index in [4.69, 9.17) is 18.9 Å². The third-order valence-corrected chi connectivity index (χ3v) is 5.23. The molecule has 2 aromatic rings. The van der Waals surface area contributed by atoms with E-state index in [9.17, 15) is 4.79 Å². The lowest BCUT2D eigenvalue weighted by atomic mass is 10.1. The van der Waals surface area contributed by atoms with Gasteiger partial charge in [0, 0.05) is 38.8 Å². The molecule has 0 aliphatic carbocycles. The van der Waals surface area contributed by atoms with Crippen molar-refractivity contribution in [1.29, 1.82) is 0 Å². The Balaban J connectivity index is 1.27. The van der Waals surface area contributed by atoms with Crippen molar-refractivity contribution in [3.63, 3.8) is 0 Å². The normalized spacial score (nSPS) is 17.1. The quantitative estimate of drug-likeness (QED) is 0.745. The molecule has 2 aromatic carbocycles. The second-order valence-electron chi connectivity index (χ2n) is 7.23. The van der Waals surface area contributed by atoms with Gasteiger partial charge in [0.1, 0.15) is 11.5 Å². The zero-order valence-corrected chi connectivity index (χ0v) is 16.8. The molecule has 0 bridgehead atoms. The average molecular weight is 398 g/mol. The SMILES string of the molecule is COc1cccc(O[C@H](C)C(=O)N2CCN(Cc3ccc4c(c3)OCO4)CC2)c1. The van der Waals surface area contributed by atoms with Crippen molar-refractivity contribution in [3.8, 4) is 23.0 Å². The van der Waals surface area contributed by atoms with Crippen LogP contribution in [0.15, 0.2) is 42.5 Å². The minimum absolute atomic E-state index is 0.00977. The fraction of sp³-hybridized carbons (Fsp3) is 0.409. The Labute approximate surface area is 170 Å². The van der Waals surface area contributed by atoms with Crippen LogP contribution in [0.3, 0.4) is 0 Å². The van der Waals surface area contributed by atoms with E-state index in [1.165, 1.54) is 5.56 Å². The molecule has 0 unspecified atom stereocenters. The minimum Gasteiger partial charge on any atom is -0.497 e. The summed E-state index contributed by atoms with van der Waals surface area (Å²) in [6, 6.07) is 13.4. The molecule has 1 atom stereocenters. The van der Waals surface area contributed by atoms with Crippen LogP contribution in [0.5, 0.6) is 23.0 Å². The summed E-state index contributed by atoms with van der Waals surface area (Å²) in [5.74, 6) is 2.95. The summed E-state index contributed by atoms with van der Waals surface area (Å²) in [6.07, 6.45) is -0.539. The highest BCUT2D eigenvalue weighted by atomic mass is 16.7. The summed E-state index contributed by atoms with van der Waals surface area (Å²) < 4.78 is 21.8. The first kappa shape index (κ1) is 19.4. The molecule has 2 aliphatic rings. The van der Waals surface area contributed by atoms with Crippen LogP contribution in [-0.2, 0) is 11.3 Å². The highest BCUT2D eigenvalue weighted by Crippen LogP contribution is 2.32. The second-order valence-corrected chi connectivity index (χ2v) is 7.23. The van der Waals surface area contributed by atoms with Gasteiger partial charge in [0.15, 0.2) is 17.6 Å². The van der Waals surface area contributed by atoms with Crippen LogP contribution in [-0.4, -0.2) is 61.9 Å². The number of nitrogens with zero attached hydrogens (tertiary/aromatic N) is 2. The molecule has 1 fully saturated rings. The van der Waals surface area contributed by atoms with Gasteiger partial charge in [-0.25, -0.2) is 0 Å². The lowest BCUT2D eigenvalue weighted by Gasteiger charge is -2.35. The number of amides is 1. The van der Waals surface area contributed by atoms with Gasteiger partial charge in [0.25, 0.3) is 5.91 Å². The second kappa shape index (κ2) is 8.61. The maximum absolute atomic E-state index is 12.8. The molecule has 1 saturated heterocycles. The Hall–Kier alpha value is -2.93. The molecule has 7 heteroatoms. The predicted molar refractivity (Wildman–Crippen MR) is 108 cm³/mol. The van der Waals surface area contributed by atoms with Crippen molar-refractivity contribution in [3.05, 3.63) is 48.0 Å². The predicted octanol–water partition coefficient (Wildman–Crippen LogP) is 2.54. The van der Waals surface area contributed by atoms with Gasteiger partial charge >= 0.3 is 0 Å². The van der Waals surface area contributed by atoms with Gasteiger partial charge in [-0.05, 0) is 36.8 Å². The maximum atomic E-state index is 12.8. The first-order chi connectivity index (χ1) is 14.1. The summed E-state index contributed by atoms with van der Waals surface area (Å²) in [5, 5.41) is 0. The molecule has 1 amide bonds. The Bertz CT molecular complexity index is 864. The van der Waals surface area contributed by atoms with E-state index in [1.54, 1.807) is 20.1 Å². The summed E-state index contributed by atoms with van der Waals surface area (Å²) in [4.78, 5) is 17.0. The number of benzene rings is 2. The molecule has 29 heavy (non-hydrogen) atoms. The van der Waals surface area contributed by atoms with Crippen molar-refractivity contribution < 1.29 is 23.7 Å². The molecule has 0 radical (unpaired) electrons. The summed E-state index contributed by atoms with van der Waals surface area (Å²) in [5.41, 5.74) is 1.18. The van der Waals surface area contributed by atoms with E-state index in [2.05, 4.69) is 11.0 Å². The van der Waals surface area contributed by atoms with Crippen LogP contribution < -0.4 is 18.9 Å². The van der Waals surface area contributed by atoms with E-state index in [1.807, 2.05) is 35.2 Å². The zero-order valence-electron chi connectivity index (χ0n) is 16.8. The number of piperazine rings is 1. The third-order valence-electron chi connectivity index (χ3n) is 5.23. The molecule has 0 N–H and O–H groups in total. The van der Waals surface area contributed by atoms with Gasteiger partial charge in [0.2, 0.25) is 6.79 Å². The number of ether oxygens (including phenoxy) is 4. The Morgan fingerprint density at radius 2 is 1.79 bits per heavy atom. The van der Waals surface area contributed by atoms with Gasteiger partial charge in [-0.15, -0.1) is 0 Å². The van der Waals surface area contributed by atoms with E-state index in [-0.39, 0.29) is 12.7 Å². The van der Waals surface area contributed by atoms with Crippen molar-refractivity contribution in [1.82, 2.24) is 9.80 Å². The fourth-order valence-electron chi connectivity index (χ4n) is 3.61. The number of hydrogen-bond donors (Lipinski definition) is 0. The molecule has 0 saturated carbocycles. The van der Waals surface area contributed by atoms with E-state index in [0.717, 1.165) is 31.1 Å². The lowest BCUT2D eigenvalue weighted by Crippen LogP contribution is -2.51. The van der Waals surface area contributed by atoms with Crippen molar-refractivity contribution in [2.24, 2.45) is 0 Å². The first-order valence-electron chi connectivity index (χ1n) is 9.83. The number of carbonyl (C=O) groups excluding carboxylic acids is 1. The van der Waals surface area contributed by atoms with E-state index < -0.39 is 6.10 Å². The molecule has 154 valence electrons. The molecular weight excluding hydrogens is 372 g/mol. The minimum atomic E-state index is -0.539. The van der Waals surface area contributed by atoms with E-state index in [0.29, 0.717) is 24.6 Å². The highest BCUT2D eigenvalue weighted by Gasteiger charge is 2.26. The van der Waals surface area contributed by atoms with Crippen molar-refractivity contribution in [2.45, 2.75) is 19.6 Å². The van der Waals surface area contributed by atoms with Crippen molar-refractivity contribution >= 4 is 5.91 Å². The standard InChI is InChI=1S/C22H26N2O5/c1-16(29-19-5-3-4-18(13-19)26-2)22(25)24-10-8-23(9-11-24)14-17-6-7-20-21(12-17)28-15-27-20/h3-7,12-13,16H,8-11,14-15H2,1-2H3/t16-/m1/s1. The molecular formula is C22H26N2O5. The van der Waals surface area contributed by atoms with Crippen molar-refractivity contribution in [2.75, 3.05) is 40.1 Å². The van der Waals surface area contributed by atoms with E-state index >= 15 is 0 Å². The van der Waals surface area contributed by atoms with Gasteiger partial charge in [-0.2, -0.15) is 0 Å². The lowest BCUT2D eigenvalue weighted by molar-refractivity contribution is -0.139. The molecule has 0 spiro atoms. The molecule has 4 rings (SSSR count). The summed E-state index contributed by atoms with van der Waals surface area (Å²) in [7, 11) is 1.61. The number of hydrogen-bond acceptors (Lipinski definition) is 6. The first-order valence-corrected chi connectivity index (χ1v) is 9.83. The Kier molecular flexibility index (Phi) is 5.76. The van der Waals surface area contributed by atoms with Gasteiger partial charge in [-0.1, -0.05) is 12.1 Å². The number of methoxy groups -OCH3 is 1. The van der Waals surface area contributed by atoms with Crippen LogP contribution in [0.25, 0.3) is 0 Å². The van der Waals surface area contributed by atoms with Gasteiger partial charge in [0.05, 0.1) is 7.11 Å². The van der Waals surface area contributed by atoms with Crippen LogP contribution in [0, 0.1) is 0 Å². The van der Waals surface area contributed by atoms with Gasteiger partial charge in [-0.3, -0.25) is 9.69 Å². The van der Waals surface area contributed by atoms with Crippen LogP contribution in [0.2, 0.25) is 0 Å². The Morgan fingerprint density at radius 3 is 2.59 bits per heavy atom. The zero-order chi connectivity index (χ0) is 20.2. The number of fused-ring (bicyclic) bond motifs is 1. The van der Waals surface area contributed by atoms with Crippen LogP contribution >= 0.6 is 0 Å². The fourth-order valence-corrected chi connectivity index (χ4v) is 3.61. The highest BCUT2D eigenvalue weighted by molar-refractivity contribution is 5.81. The van der Waals surface area contributed by atoms with Crippen LogP contribution in [0.1, 0.15) is 12.5 Å². The topological polar surface area (TPSA) is 60.5 Å². The van der Waals surface area contributed by atoms with Crippen LogP contribution in [0.4, 0.5) is 0 Å².